The normalized spacial score (nSPS) is 28.2. The van der Waals surface area contributed by atoms with E-state index in [-0.39, 0.29) is 42.9 Å². The average molecular weight is 562 g/mol. The summed E-state index contributed by atoms with van der Waals surface area (Å²) in [5.41, 5.74) is 3.22. The van der Waals surface area contributed by atoms with Crippen molar-refractivity contribution in [3.63, 3.8) is 0 Å². The van der Waals surface area contributed by atoms with E-state index in [4.69, 9.17) is 4.99 Å². The molecule has 3 fully saturated rings. The summed E-state index contributed by atoms with van der Waals surface area (Å²) in [7, 11) is 0. The fraction of sp³-hybridized carbons (Fsp3) is 0.559. The minimum atomic E-state index is -2.62. The number of carbonyl (C=O) groups is 1. The van der Waals surface area contributed by atoms with Crippen molar-refractivity contribution in [1.82, 2.24) is 10.2 Å². The molecule has 3 unspecified atom stereocenters. The Morgan fingerprint density at radius 3 is 2.41 bits per heavy atom. The Kier molecular flexibility index (Phi) is 7.84. The van der Waals surface area contributed by atoms with E-state index >= 15 is 0 Å². The summed E-state index contributed by atoms with van der Waals surface area (Å²) in [5, 5.41) is 3.18. The first kappa shape index (κ1) is 28.2. The largest absolute Gasteiger partial charge is 0.355 e. The highest BCUT2D eigenvalue weighted by atomic mass is 19.3. The SMILES string of the molecule is CC1=Nc2ccccc2[N+]1=CC1CC2CCC(C1)N2CCC(C)(CNC(=O)C1CCC(F)(F)CC1)c1ccccc1. The fourth-order valence-corrected chi connectivity index (χ4v) is 7.65. The van der Waals surface area contributed by atoms with Crippen LogP contribution < -0.4 is 5.32 Å². The number of hydrogen-bond donors (Lipinski definition) is 1. The predicted octanol–water partition coefficient (Wildman–Crippen LogP) is 7.00. The Labute approximate surface area is 242 Å². The summed E-state index contributed by atoms with van der Waals surface area (Å²) >= 11 is 0. The van der Waals surface area contributed by atoms with E-state index in [1.807, 2.05) is 12.1 Å². The Hall–Kier alpha value is -2.93. The van der Waals surface area contributed by atoms with Crippen LogP contribution in [0.25, 0.3) is 0 Å². The molecule has 7 heteroatoms. The van der Waals surface area contributed by atoms with Crippen LogP contribution in [-0.2, 0) is 10.2 Å². The number of hydrogen-bond acceptors (Lipinski definition) is 3. The number of halogens is 2. The van der Waals surface area contributed by atoms with Gasteiger partial charge in [-0.25, -0.2) is 8.78 Å². The van der Waals surface area contributed by atoms with Gasteiger partial charge in [0.05, 0.1) is 6.21 Å². The van der Waals surface area contributed by atoms with Gasteiger partial charge in [-0.2, -0.15) is 4.58 Å². The molecule has 2 aromatic carbocycles. The van der Waals surface area contributed by atoms with Gasteiger partial charge in [0.15, 0.2) is 5.69 Å². The zero-order chi connectivity index (χ0) is 28.6. The molecule has 5 nitrogen and oxygen atoms in total. The van der Waals surface area contributed by atoms with Gasteiger partial charge in [-0.05, 0) is 74.2 Å². The number of para-hydroxylation sites is 2. The third-order valence-corrected chi connectivity index (χ3v) is 10.2. The highest BCUT2D eigenvalue weighted by Crippen LogP contribution is 2.41. The lowest BCUT2D eigenvalue weighted by Gasteiger charge is -2.40. The molecule has 41 heavy (non-hydrogen) atoms. The second kappa shape index (κ2) is 11.4. The number of amidine groups is 1. The molecule has 1 amide bonds. The number of amides is 1. The highest BCUT2D eigenvalue weighted by molar-refractivity contribution is 5.88. The lowest BCUT2D eigenvalue weighted by Crippen LogP contribution is -2.48. The second-order valence-electron chi connectivity index (χ2n) is 13.0. The molecule has 218 valence electrons. The average Bonchev–Trinajstić information content (AvgIpc) is 3.41. The predicted molar refractivity (Wildman–Crippen MR) is 160 cm³/mol. The number of fused-ring (bicyclic) bond motifs is 3. The molecule has 1 N–H and O–H groups in total. The van der Waals surface area contributed by atoms with Crippen LogP contribution in [0.2, 0.25) is 0 Å². The van der Waals surface area contributed by atoms with Crippen molar-refractivity contribution in [3.8, 4) is 0 Å². The maximum absolute atomic E-state index is 13.6. The van der Waals surface area contributed by atoms with Gasteiger partial charge in [0, 0.05) is 55.6 Å². The summed E-state index contributed by atoms with van der Waals surface area (Å²) in [6, 6.07) is 20.0. The van der Waals surface area contributed by atoms with Crippen LogP contribution in [0, 0.1) is 11.8 Å². The van der Waals surface area contributed by atoms with Gasteiger partial charge < -0.3 is 5.32 Å². The molecule has 3 atom stereocenters. The maximum atomic E-state index is 13.6. The van der Waals surface area contributed by atoms with Crippen LogP contribution in [0.3, 0.4) is 0 Å². The maximum Gasteiger partial charge on any atom is 0.301 e. The van der Waals surface area contributed by atoms with Crippen molar-refractivity contribution >= 4 is 29.3 Å². The number of alkyl halides is 2. The van der Waals surface area contributed by atoms with Crippen LogP contribution in [-0.4, -0.2) is 58.5 Å². The lowest BCUT2D eigenvalue weighted by atomic mass is 9.78. The van der Waals surface area contributed by atoms with Crippen molar-refractivity contribution in [2.24, 2.45) is 16.8 Å². The molecule has 0 spiro atoms. The van der Waals surface area contributed by atoms with E-state index in [1.165, 1.54) is 24.1 Å². The zero-order valence-corrected chi connectivity index (χ0v) is 24.4. The first-order valence-corrected chi connectivity index (χ1v) is 15.5. The summed E-state index contributed by atoms with van der Waals surface area (Å²) in [5.74, 6) is -1.42. The standard InChI is InChI=1S/C34H42F2N4O/c1-24-38-30-10-6-7-11-31(30)40(24)22-25-20-28-12-13-29(21-25)39(28)19-18-33(2,27-8-4-3-5-9-27)23-37-32(41)26-14-16-34(35,36)17-15-26/h3-11,22,25-26,28-29H,12-21,23H2,1-2H3/p+1. The third kappa shape index (κ3) is 6.01. The van der Waals surface area contributed by atoms with Gasteiger partial charge in [-0.1, -0.05) is 49.4 Å². The zero-order valence-electron chi connectivity index (χ0n) is 24.4. The summed E-state index contributed by atoms with van der Waals surface area (Å²) in [4.78, 5) is 20.5. The van der Waals surface area contributed by atoms with E-state index in [0.717, 1.165) is 37.3 Å². The van der Waals surface area contributed by atoms with Gasteiger partial charge in [-0.15, -0.1) is 0 Å². The first-order valence-electron chi connectivity index (χ1n) is 15.5. The highest BCUT2D eigenvalue weighted by Gasteiger charge is 2.43. The van der Waals surface area contributed by atoms with Crippen molar-refractivity contribution in [3.05, 3.63) is 60.2 Å². The van der Waals surface area contributed by atoms with Gasteiger partial charge in [0.1, 0.15) is 0 Å². The second-order valence-corrected chi connectivity index (χ2v) is 13.0. The minimum Gasteiger partial charge on any atom is -0.355 e. The van der Waals surface area contributed by atoms with Gasteiger partial charge in [-0.3, -0.25) is 9.69 Å². The molecule has 1 aliphatic carbocycles. The molecule has 2 saturated heterocycles. The number of piperidine rings is 1. The van der Waals surface area contributed by atoms with Crippen LogP contribution in [0.4, 0.5) is 20.2 Å². The fourth-order valence-electron chi connectivity index (χ4n) is 7.65. The smallest absolute Gasteiger partial charge is 0.301 e. The topological polar surface area (TPSA) is 47.7 Å². The van der Waals surface area contributed by atoms with Crippen LogP contribution in [0.1, 0.15) is 77.2 Å². The lowest BCUT2D eigenvalue weighted by molar-refractivity contribution is -0.299. The van der Waals surface area contributed by atoms with E-state index < -0.39 is 5.92 Å². The minimum absolute atomic E-state index is 0.0682. The van der Waals surface area contributed by atoms with Crippen LogP contribution in [0.5, 0.6) is 0 Å². The Balaban J connectivity index is 1.10. The first-order chi connectivity index (χ1) is 19.7. The summed E-state index contributed by atoms with van der Waals surface area (Å²) < 4.78 is 29.6. The number of benzene rings is 2. The van der Waals surface area contributed by atoms with Crippen LogP contribution >= 0.6 is 0 Å². The Morgan fingerprint density at radius 1 is 1.05 bits per heavy atom. The van der Waals surface area contributed by atoms with Gasteiger partial charge in [0.25, 0.3) is 0 Å². The van der Waals surface area contributed by atoms with E-state index in [9.17, 15) is 13.6 Å². The van der Waals surface area contributed by atoms with Crippen molar-refractivity contribution in [2.75, 3.05) is 13.1 Å². The van der Waals surface area contributed by atoms with Crippen molar-refractivity contribution < 1.29 is 18.2 Å². The van der Waals surface area contributed by atoms with Crippen LogP contribution in [0.15, 0.2) is 59.6 Å². The molecular weight excluding hydrogens is 518 g/mol. The third-order valence-electron chi connectivity index (χ3n) is 10.2. The Morgan fingerprint density at radius 2 is 1.71 bits per heavy atom. The number of aliphatic imine (C=N–C) groups is 1. The van der Waals surface area contributed by atoms with E-state index in [2.05, 4.69) is 77.3 Å². The number of nitrogens with zero attached hydrogens (tertiary/aromatic N) is 3. The van der Waals surface area contributed by atoms with Gasteiger partial charge in [0.2, 0.25) is 17.5 Å². The molecule has 1 saturated carbocycles. The number of nitrogens with one attached hydrogen (secondary N) is 1. The summed E-state index contributed by atoms with van der Waals surface area (Å²) in [6.45, 7) is 5.85. The number of rotatable bonds is 8. The molecule has 3 heterocycles. The van der Waals surface area contributed by atoms with E-state index in [0.29, 0.717) is 24.5 Å². The molecular formula is C34H43F2N4O+. The van der Waals surface area contributed by atoms with E-state index in [1.54, 1.807) is 0 Å². The summed E-state index contributed by atoms with van der Waals surface area (Å²) in [6.07, 6.45) is 8.32. The molecule has 0 aromatic heterocycles. The molecule has 0 radical (unpaired) electrons. The molecule has 2 bridgehead atoms. The number of carbonyl (C=O) groups excluding carboxylic acids is 1. The van der Waals surface area contributed by atoms with Crippen molar-refractivity contribution in [1.29, 1.82) is 0 Å². The monoisotopic (exact) mass is 561 g/mol. The van der Waals surface area contributed by atoms with Crippen molar-refractivity contribution in [2.45, 2.75) is 95.1 Å². The molecule has 3 aliphatic heterocycles. The molecule has 4 aliphatic rings. The quantitative estimate of drug-likeness (QED) is 0.353. The molecule has 2 aromatic rings. The molecule has 6 rings (SSSR count). The Bertz CT molecular complexity index is 1300. The van der Waals surface area contributed by atoms with Gasteiger partial charge >= 0.3 is 5.84 Å².